The molecule has 0 N–H and O–H groups in total. The van der Waals surface area contributed by atoms with Crippen LogP contribution >= 0.6 is 0 Å². The zero-order chi connectivity index (χ0) is 15.5. The first kappa shape index (κ1) is 14.9. The van der Waals surface area contributed by atoms with Gasteiger partial charge in [0.05, 0.1) is 5.69 Å². The Morgan fingerprint density at radius 3 is 2.62 bits per heavy atom. The van der Waals surface area contributed by atoms with Gasteiger partial charge in [-0.05, 0) is 37.3 Å². The van der Waals surface area contributed by atoms with E-state index in [1.54, 1.807) is 6.92 Å². The first-order valence-electron chi connectivity index (χ1n) is 6.13. The summed E-state index contributed by atoms with van der Waals surface area (Å²) in [5.41, 5.74) is 0.365. The van der Waals surface area contributed by atoms with Gasteiger partial charge < -0.3 is 0 Å². The number of nitrogens with zero attached hydrogens (tertiary/aromatic N) is 3. The Hall–Kier alpha value is -2.46. The molecule has 0 saturated heterocycles. The third-order valence-corrected chi connectivity index (χ3v) is 4.71. The molecule has 21 heavy (non-hydrogen) atoms. The Morgan fingerprint density at radius 2 is 2.10 bits per heavy atom. The minimum absolute atomic E-state index is 0.0485. The normalized spacial score (nSPS) is 10.9. The second-order valence-electron chi connectivity index (χ2n) is 4.14. The quantitative estimate of drug-likeness (QED) is 0.868. The van der Waals surface area contributed by atoms with Crippen molar-refractivity contribution in [1.82, 2.24) is 4.98 Å². The van der Waals surface area contributed by atoms with Gasteiger partial charge in [-0.15, -0.1) is 0 Å². The van der Waals surface area contributed by atoms with Gasteiger partial charge >= 0.3 is 0 Å². The molecule has 5 nitrogen and oxygen atoms in total. The third-order valence-electron chi connectivity index (χ3n) is 2.82. The summed E-state index contributed by atoms with van der Waals surface area (Å²) in [5.74, 6) is -0.515. The van der Waals surface area contributed by atoms with Crippen molar-refractivity contribution in [2.75, 3.05) is 10.8 Å². The average molecular weight is 305 g/mol. The number of benzene rings is 1. The van der Waals surface area contributed by atoms with Crippen molar-refractivity contribution in [3.8, 4) is 6.07 Å². The SMILES string of the molecule is CCN(c1cccc(F)c1)S(=O)(=O)c1ccc(C#N)nc1. The highest BCUT2D eigenvalue weighted by Crippen LogP contribution is 2.23. The molecule has 1 aromatic heterocycles. The van der Waals surface area contributed by atoms with Gasteiger partial charge in [0, 0.05) is 12.7 Å². The largest absolute Gasteiger partial charge is 0.266 e. The molecule has 0 amide bonds. The monoisotopic (exact) mass is 305 g/mol. The maximum Gasteiger partial charge on any atom is 0.265 e. The number of hydrogen-bond acceptors (Lipinski definition) is 4. The van der Waals surface area contributed by atoms with Crippen molar-refractivity contribution in [2.24, 2.45) is 0 Å². The Morgan fingerprint density at radius 1 is 1.33 bits per heavy atom. The Labute approximate surface area is 122 Å². The van der Waals surface area contributed by atoms with E-state index in [0.717, 1.165) is 16.6 Å². The highest BCUT2D eigenvalue weighted by molar-refractivity contribution is 7.92. The molecular formula is C14H12FN3O2S. The maximum atomic E-state index is 13.3. The van der Waals surface area contributed by atoms with Crippen LogP contribution in [0.3, 0.4) is 0 Å². The number of pyridine rings is 1. The zero-order valence-electron chi connectivity index (χ0n) is 11.2. The van der Waals surface area contributed by atoms with Gasteiger partial charge in [-0.2, -0.15) is 5.26 Å². The zero-order valence-corrected chi connectivity index (χ0v) is 12.0. The number of sulfonamides is 1. The summed E-state index contributed by atoms with van der Waals surface area (Å²) in [7, 11) is -3.85. The minimum atomic E-state index is -3.85. The van der Waals surface area contributed by atoms with Crippen LogP contribution < -0.4 is 4.31 Å². The van der Waals surface area contributed by atoms with E-state index in [0.29, 0.717) is 0 Å². The molecule has 2 aromatic rings. The molecular weight excluding hydrogens is 293 g/mol. The lowest BCUT2D eigenvalue weighted by Crippen LogP contribution is -2.30. The molecule has 2 rings (SSSR count). The first-order chi connectivity index (χ1) is 9.98. The van der Waals surface area contributed by atoms with Crippen LogP contribution in [0, 0.1) is 17.1 Å². The van der Waals surface area contributed by atoms with Crippen LogP contribution in [0.2, 0.25) is 0 Å². The highest BCUT2D eigenvalue weighted by Gasteiger charge is 2.24. The van der Waals surface area contributed by atoms with Gasteiger partial charge in [0.25, 0.3) is 10.0 Å². The topological polar surface area (TPSA) is 74.1 Å². The molecule has 108 valence electrons. The standard InChI is InChI=1S/C14H12FN3O2S/c1-2-18(13-5-3-4-11(15)8-13)21(19,20)14-7-6-12(9-16)17-10-14/h3-8,10H,2H2,1H3. The van der Waals surface area contributed by atoms with Gasteiger partial charge in [0.2, 0.25) is 0 Å². The fourth-order valence-electron chi connectivity index (χ4n) is 1.85. The summed E-state index contributed by atoms with van der Waals surface area (Å²) < 4.78 is 39.5. The molecule has 0 aliphatic rings. The Kier molecular flexibility index (Phi) is 4.19. The van der Waals surface area contributed by atoms with Crippen LogP contribution in [0.25, 0.3) is 0 Å². The van der Waals surface area contributed by atoms with Crippen molar-refractivity contribution >= 4 is 15.7 Å². The molecule has 0 radical (unpaired) electrons. The van der Waals surface area contributed by atoms with Crippen molar-refractivity contribution in [3.05, 3.63) is 54.1 Å². The molecule has 0 fully saturated rings. The first-order valence-corrected chi connectivity index (χ1v) is 7.57. The summed E-state index contributed by atoms with van der Waals surface area (Å²) >= 11 is 0. The summed E-state index contributed by atoms with van der Waals surface area (Å²) in [6, 6.07) is 9.81. The van der Waals surface area contributed by atoms with E-state index in [1.165, 1.54) is 30.3 Å². The number of hydrogen-bond donors (Lipinski definition) is 0. The number of nitriles is 1. The lowest BCUT2D eigenvalue weighted by Gasteiger charge is -2.22. The molecule has 0 bridgehead atoms. The molecule has 0 saturated carbocycles. The molecule has 0 aliphatic heterocycles. The average Bonchev–Trinajstić information content (AvgIpc) is 2.48. The van der Waals surface area contributed by atoms with Crippen LogP contribution in [0.15, 0.2) is 47.5 Å². The maximum absolute atomic E-state index is 13.3. The van der Waals surface area contributed by atoms with Crippen LogP contribution in [0.5, 0.6) is 0 Å². The van der Waals surface area contributed by atoms with E-state index >= 15 is 0 Å². The van der Waals surface area contributed by atoms with E-state index in [4.69, 9.17) is 5.26 Å². The number of halogens is 1. The Balaban J connectivity index is 2.47. The Bertz CT molecular complexity index is 783. The van der Waals surface area contributed by atoms with Crippen LogP contribution in [0.4, 0.5) is 10.1 Å². The van der Waals surface area contributed by atoms with E-state index in [-0.39, 0.29) is 22.8 Å². The van der Waals surface area contributed by atoms with Crippen molar-refractivity contribution in [2.45, 2.75) is 11.8 Å². The highest BCUT2D eigenvalue weighted by atomic mass is 32.2. The van der Waals surface area contributed by atoms with Crippen LogP contribution in [0.1, 0.15) is 12.6 Å². The summed E-state index contributed by atoms with van der Waals surface area (Å²) in [4.78, 5) is 3.70. The van der Waals surface area contributed by atoms with Gasteiger partial charge in [-0.1, -0.05) is 6.07 Å². The van der Waals surface area contributed by atoms with E-state index in [9.17, 15) is 12.8 Å². The predicted molar refractivity (Wildman–Crippen MR) is 75.6 cm³/mol. The lowest BCUT2D eigenvalue weighted by atomic mass is 10.3. The molecule has 0 unspecified atom stereocenters. The van der Waals surface area contributed by atoms with Gasteiger partial charge in [0.1, 0.15) is 22.5 Å². The number of rotatable bonds is 4. The summed E-state index contributed by atoms with van der Waals surface area (Å²) in [5, 5.41) is 8.68. The third kappa shape index (κ3) is 3.01. The van der Waals surface area contributed by atoms with E-state index < -0.39 is 15.8 Å². The van der Waals surface area contributed by atoms with Gasteiger partial charge in [0.15, 0.2) is 0 Å². The van der Waals surface area contributed by atoms with Crippen LogP contribution in [-0.2, 0) is 10.0 Å². The second-order valence-corrected chi connectivity index (χ2v) is 6.00. The van der Waals surface area contributed by atoms with Crippen molar-refractivity contribution in [1.29, 1.82) is 5.26 Å². The summed E-state index contributed by atoms with van der Waals surface area (Å²) in [6.07, 6.45) is 1.12. The van der Waals surface area contributed by atoms with Crippen molar-refractivity contribution < 1.29 is 12.8 Å². The van der Waals surface area contributed by atoms with Gasteiger partial charge in [-0.3, -0.25) is 4.31 Å². The lowest BCUT2D eigenvalue weighted by molar-refractivity contribution is 0.591. The molecule has 1 heterocycles. The molecule has 0 aliphatic carbocycles. The predicted octanol–water partition coefficient (Wildman–Crippen LogP) is 2.31. The van der Waals surface area contributed by atoms with E-state index in [2.05, 4.69) is 4.98 Å². The smallest absolute Gasteiger partial charge is 0.265 e. The van der Waals surface area contributed by atoms with E-state index in [1.807, 2.05) is 6.07 Å². The molecule has 7 heteroatoms. The minimum Gasteiger partial charge on any atom is -0.266 e. The van der Waals surface area contributed by atoms with Crippen LogP contribution in [-0.4, -0.2) is 19.9 Å². The fraction of sp³-hybridized carbons (Fsp3) is 0.143. The summed E-state index contributed by atoms with van der Waals surface area (Å²) in [6.45, 7) is 1.80. The fourth-order valence-corrected chi connectivity index (χ4v) is 3.26. The van der Waals surface area contributed by atoms with Gasteiger partial charge in [-0.25, -0.2) is 17.8 Å². The molecule has 1 aromatic carbocycles. The number of anilines is 1. The molecule has 0 spiro atoms. The number of aromatic nitrogens is 1. The second kappa shape index (κ2) is 5.89. The molecule has 0 atom stereocenters. The van der Waals surface area contributed by atoms with Crippen molar-refractivity contribution in [3.63, 3.8) is 0 Å².